The van der Waals surface area contributed by atoms with Crippen LogP contribution in [0, 0.1) is 6.92 Å². The van der Waals surface area contributed by atoms with Gasteiger partial charge in [0.1, 0.15) is 22.8 Å². The van der Waals surface area contributed by atoms with Crippen LogP contribution in [0.1, 0.15) is 18.1 Å². The minimum atomic E-state index is 0.215. The minimum Gasteiger partial charge on any atom is -0.505 e. The molecule has 0 radical (unpaired) electrons. The van der Waals surface area contributed by atoms with Crippen molar-refractivity contribution in [3.05, 3.63) is 96.2 Å². The number of nitrogens with zero attached hydrogens (tertiary/aromatic N) is 3. The van der Waals surface area contributed by atoms with E-state index in [1.807, 2.05) is 67.6 Å². The molecule has 3 aromatic carbocycles. The minimum absolute atomic E-state index is 0.215. The predicted octanol–water partition coefficient (Wildman–Crippen LogP) is 7.10. The van der Waals surface area contributed by atoms with Gasteiger partial charge in [0.25, 0.3) is 0 Å². The topological polar surface area (TPSA) is 60.2 Å². The van der Waals surface area contributed by atoms with Crippen molar-refractivity contribution in [1.82, 2.24) is 14.5 Å². The van der Waals surface area contributed by atoms with Gasteiger partial charge in [-0.3, -0.25) is 4.57 Å². The van der Waals surface area contributed by atoms with Crippen molar-refractivity contribution < 1.29 is 9.84 Å². The normalized spacial score (nSPS) is 11.5. The van der Waals surface area contributed by atoms with Crippen LogP contribution in [0.4, 0.5) is 0 Å². The highest BCUT2D eigenvalue weighted by Crippen LogP contribution is 2.37. The lowest BCUT2D eigenvalue weighted by atomic mass is 10.1. The van der Waals surface area contributed by atoms with E-state index in [9.17, 15) is 5.11 Å². The van der Waals surface area contributed by atoms with Crippen LogP contribution in [0.5, 0.6) is 17.4 Å². The van der Waals surface area contributed by atoms with Crippen molar-refractivity contribution in [2.75, 3.05) is 0 Å². The molecule has 3 aromatic heterocycles. The monoisotopic (exact) mass is 445 g/mol. The first-order chi connectivity index (χ1) is 16.6. The van der Waals surface area contributed by atoms with E-state index in [0.29, 0.717) is 17.1 Å². The van der Waals surface area contributed by atoms with Crippen molar-refractivity contribution in [1.29, 1.82) is 0 Å². The van der Waals surface area contributed by atoms with Crippen LogP contribution in [-0.2, 0) is 6.42 Å². The van der Waals surface area contributed by atoms with E-state index >= 15 is 0 Å². The average molecular weight is 446 g/mol. The second-order valence-corrected chi connectivity index (χ2v) is 8.42. The lowest BCUT2D eigenvalue weighted by molar-refractivity contribution is 0.458. The van der Waals surface area contributed by atoms with Gasteiger partial charge in [-0.25, -0.2) is 9.97 Å². The van der Waals surface area contributed by atoms with Crippen LogP contribution in [0.3, 0.4) is 0 Å². The third-order valence-corrected chi connectivity index (χ3v) is 6.32. The summed E-state index contributed by atoms with van der Waals surface area (Å²) >= 11 is 0. The molecule has 0 aliphatic heterocycles. The van der Waals surface area contributed by atoms with E-state index in [1.54, 1.807) is 6.20 Å². The van der Waals surface area contributed by atoms with E-state index in [-0.39, 0.29) is 5.75 Å². The molecule has 6 rings (SSSR count). The number of ether oxygens (including phenoxy) is 1. The molecule has 0 spiro atoms. The molecule has 0 fully saturated rings. The molecule has 0 amide bonds. The first kappa shape index (κ1) is 20.2. The van der Waals surface area contributed by atoms with E-state index in [4.69, 9.17) is 4.74 Å². The summed E-state index contributed by atoms with van der Waals surface area (Å²) in [7, 11) is 0. The van der Waals surface area contributed by atoms with Gasteiger partial charge in [-0.1, -0.05) is 43.3 Å². The first-order valence-corrected chi connectivity index (χ1v) is 11.4. The molecule has 0 unspecified atom stereocenters. The average Bonchev–Trinajstić information content (AvgIpc) is 3.20. The van der Waals surface area contributed by atoms with Crippen molar-refractivity contribution in [2.45, 2.75) is 20.3 Å². The molecule has 34 heavy (non-hydrogen) atoms. The number of phenols is 1. The lowest BCUT2D eigenvalue weighted by Gasteiger charge is -2.11. The van der Waals surface area contributed by atoms with Crippen molar-refractivity contribution in [3.63, 3.8) is 0 Å². The molecule has 0 atom stereocenters. The Morgan fingerprint density at radius 3 is 2.56 bits per heavy atom. The van der Waals surface area contributed by atoms with E-state index in [2.05, 4.69) is 39.7 Å². The summed E-state index contributed by atoms with van der Waals surface area (Å²) in [6, 6.07) is 26.0. The number of para-hydroxylation sites is 1. The molecule has 0 saturated carbocycles. The van der Waals surface area contributed by atoms with Gasteiger partial charge >= 0.3 is 0 Å². The van der Waals surface area contributed by atoms with Crippen molar-refractivity contribution in [2.24, 2.45) is 0 Å². The fraction of sp³-hybridized carbons (Fsp3) is 0.103. The Morgan fingerprint density at radius 2 is 1.74 bits per heavy atom. The zero-order chi connectivity index (χ0) is 23.2. The number of aromatic hydroxyl groups is 1. The Hall–Kier alpha value is -4.38. The summed E-state index contributed by atoms with van der Waals surface area (Å²) in [5, 5.41) is 13.9. The van der Waals surface area contributed by atoms with Crippen LogP contribution in [0.25, 0.3) is 38.5 Å². The van der Waals surface area contributed by atoms with Gasteiger partial charge in [-0.2, -0.15) is 0 Å². The molecule has 0 aliphatic carbocycles. The number of fused-ring (bicyclic) bond motifs is 4. The van der Waals surface area contributed by atoms with Crippen molar-refractivity contribution in [3.8, 4) is 23.2 Å². The Morgan fingerprint density at radius 1 is 0.912 bits per heavy atom. The van der Waals surface area contributed by atoms with Crippen LogP contribution in [0.15, 0.2) is 85.1 Å². The predicted molar refractivity (Wildman–Crippen MR) is 136 cm³/mol. The van der Waals surface area contributed by atoms with Gasteiger partial charge in [0.15, 0.2) is 0 Å². The highest BCUT2D eigenvalue weighted by molar-refractivity contribution is 6.11. The molecule has 0 saturated heterocycles. The fourth-order valence-electron chi connectivity index (χ4n) is 4.72. The smallest absolute Gasteiger partial charge is 0.219 e. The van der Waals surface area contributed by atoms with E-state index in [1.165, 1.54) is 10.8 Å². The fourth-order valence-corrected chi connectivity index (χ4v) is 4.72. The summed E-state index contributed by atoms with van der Waals surface area (Å²) in [6.45, 7) is 4.11. The van der Waals surface area contributed by atoms with Gasteiger partial charge in [0.2, 0.25) is 5.88 Å². The maximum absolute atomic E-state index is 10.6. The zero-order valence-corrected chi connectivity index (χ0v) is 19.0. The lowest BCUT2D eigenvalue weighted by Crippen LogP contribution is -1.97. The first-order valence-electron chi connectivity index (χ1n) is 11.4. The summed E-state index contributed by atoms with van der Waals surface area (Å²) in [5.74, 6) is 2.19. The molecule has 1 N–H and O–H groups in total. The molecule has 166 valence electrons. The second-order valence-electron chi connectivity index (χ2n) is 8.42. The van der Waals surface area contributed by atoms with Crippen LogP contribution >= 0.6 is 0 Å². The number of phenolic OH excluding ortho intramolecular Hbond substituents is 1. The van der Waals surface area contributed by atoms with E-state index in [0.717, 1.165) is 39.8 Å². The third-order valence-electron chi connectivity index (χ3n) is 6.32. The summed E-state index contributed by atoms with van der Waals surface area (Å²) in [5.41, 5.74) is 4.64. The maximum Gasteiger partial charge on any atom is 0.219 e. The number of pyridine rings is 2. The standard InChI is InChI=1S/C29H23N3O2/c1-3-19-11-12-20-13-14-26(31-28(20)29(19)33)34-21-16-18(2)27-22-8-4-5-9-23(22)32(24(27)17-21)25-10-6-7-15-30-25/h4-17,33H,3H2,1-2H3. The summed E-state index contributed by atoms with van der Waals surface area (Å²) in [6.07, 6.45) is 2.54. The van der Waals surface area contributed by atoms with Crippen LogP contribution in [-0.4, -0.2) is 19.6 Å². The molecular weight excluding hydrogens is 422 g/mol. The molecule has 6 aromatic rings. The van der Waals surface area contributed by atoms with E-state index < -0.39 is 0 Å². The quantitative estimate of drug-likeness (QED) is 0.314. The highest BCUT2D eigenvalue weighted by atomic mass is 16.5. The molecular formula is C29H23N3O2. The van der Waals surface area contributed by atoms with Crippen LogP contribution in [0.2, 0.25) is 0 Å². The Bertz CT molecular complexity index is 1690. The molecule has 5 heteroatoms. The zero-order valence-electron chi connectivity index (χ0n) is 19.0. The number of aromatic nitrogens is 3. The molecule has 3 heterocycles. The number of benzene rings is 3. The molecule has 0 aliphatic rings. The van der Waals surface area contributed by atoms with Gasteiger partial charge < -0.3 is 9.84 Å². The third kappa shape index (κ3) is 3.17. The summed E-state index contributed by atoms with van der Waals surface area (Å²) in [4.78, 5) is 9.23. The van der Waals surface area contributed by atoms with Gasteiger partial charge in [-0.15, -0.1) is 0 Å². The Labute approximate surface area is 196 Å². The Kier molecular flexibility index (Phi) is 4.69. The van der Waals surface area contributed by atoms with Gasteiger partial charge in [-0.05, 0) is 54.8 Å². The number of hydrogen-bond acceptors (Lipinski definition) is 4. The summed E-state index contributed by atoms with van der Waals surface area (Å²) < 4.78 is 8.40. The number of hydrogen-bond donors (Lipinski definition) is 1. The second kappa shape index (κ2) is 7.89. The maximum atomic E-state index is 10.6. The van der Waals surface area contributed by atoms with Gasteiger partial charge in [0.05, 0.1) is 11.0 Å². The van der Waals surface area contributed by atoms with Gasteiger partial charge in [0, 0.05) is 34.5 Å². The van der Waals surface area contributed by atoms with Crippen molar-refractivity contribution >= 4 is 32.7 Å². The Balaban J connectivity index is 1.53. The number of aryl methyl sites for hydroxylation is 2. The molecule has 5 nitrogen and oxygen atoms in total. The number of rotatable bonds is 4. The SMILES string of the molecule is CCc1ccc2ccc(Oc3cc(C)c4c5ccccc5n(-c5ccccn5)c4c3)nc2c1O. The molecule has 0 bridgehead atoms. The largest absolute Gasteiger partial charge is 0.505 e. The highest BCUT2D eigenvalue weighted by Gasteiger charge is 2.16. The van der Waals surface area contributed by atoms with Crippen LogP contribution < -0.4 is 4.74 Å².